The van der Waals surface area contributed by atoms with Gasteiger partial charge < -0.3 is 15.0 Å². The largest absolute Gasteiger partial charge is 0.476 e. The van der Waals surface area contributed by atoms with Gasteiger partial charge in [0.15, 0.2) is 0 Å². The van der Waals surface area contributed by atoms with Crippen molar-refractivity contribution in [3.05, 3.63) is 57.8 Å². The molecule has 4 rings (SSSR count). The zero-order valence-electron chi connectivity index (χ0n) is 18.7. The average molecular weight is 424 g/mol. The van der Waals surface area contributed by atoms with E-state index in [1.54, 1.807) is 19.3 Å². The molecule has 0 bridgehead atoms. The van der Waals surface area contributed by atoms with E-state index in [4.69, 9.17) is 4.74 Å². The number of hydrogen-bond acceptors (Lipinski definition) is 7. The normalized spacial score (nSPS) is 17.5. The molecule has 0 radical (unpaired) electrons. The molecule has 9 nitrogen and oxygen atoms in total. The molecule has 2 atom stereocenters. The second-order valence-corrected chi connectivity index (χ2v) is 8.36. The third kappa shape index (κ3) is 4.55. The van der Waals surface area contributed by atoms with E-state index >= 15 is 0 Å². The van der Waals surface area contributed by atoms with Crippen molar-refractivity contribution in [2.75, 3.05) is 30.9 Å². The number of aromatic nitrogens is 5. The van der Waals surface area contributed by atoms with Gasteiger partial charge in [-0.3, -0.25) is 14.5 Å². The van der Waals surface area contributed by atoms with Crippen LogP contribution in [0.1, 0.15) is 29.2 Å². The first kappa shape index (κ1) is 20.9. The van der Waals surface area contributed by atoms with Crippen LogP contribution in [0.25, 0.3) is 0 Å². The Morgan fingerprint density at radius 3 is 2.74 bits per heavy atom. The number of hydrogen-bond donors (Lipinski definition) is 1. The number of nitrogens with one attached hydrogen (secondary N) is 1. The second kappa shape index (κ2) is 8.41. The summed E-state index contributed by atoms with van der Waals surface area (Å²) in [5.41, 5.74) is 3.53. The fourth-order valence-corrected chi connectivity index (χ4v) is 3.83. The van der Waals surface area contributed by atoms with Crippen LogP contribution in [-0.4, -0.2) is 45.2 Å². The summed E-state index contributed by atoms with van der Waals surface area (Å²) >= 11 is 0. The van der Waals surface area contributed by atoms with Crippen molar-refractivity contribution in [3.63, 3.8) is 0 Å². The van der Waals surface area contributed by atoms with Gasteiger partial charge in [0.2, 0.25) is 5.88 Å². The average Bonchev–Trinajstić information content (AvgIpc) is 3.41. The first-order chi connectivity index (χ1) is 14.8. The van der Waals surface area contributed by atoms with Gasteiger partial charge in [0.1, 0.15) is 11.5 Å². The molecular formula is C22H29N7O2. The van der Waals surface area contributed by atoms with E-state index in [1.807, 2.05) is 43.8 Å². The van der Waals surface area contributed by atoms with Crippen LogP contribution in [-0.2, 0) is 20.6 Å². The Morgan fingerprint density at radius 1 is 1.23 bits per heavy atom. The van der Waals surface area contributed by atoms with E-state index in [0.29, 0.717) is 36.6 Å². The van der Waals surface area contributed by atoms with E-state index in [2.05, 4.69) is 32.6 Å². The Kier molecular flexibility index (Phi) is 5.67. The van der Waals surface area contributed by atoms with Gasteiger partial charge in [-0.15, -0.1) is 5.10 Å². The third-order valence-corrected chi connectivity index (χ3v) is 5.60. The second-order valence-electron chi connectivity index (χ2n) is 8.36. The number of aryl methyl sites for hydroxylation is 3. The highest BCUT2D eigenvalue weighted by atomic mass is 16.5. The molecule has 31 heavy (non-hydrogen) atoms. The zero-order chi connectivity index (χ0) is 22.1. The van der Waals surface area contributed by atoms with Gasteiger partial charge in [0.25, 0.3) is 5.56 Å². The number of pyridine rings is 1. The Morgan fingerprint density at radius 2 is 2.03 bits per heavy atom. The lowest BCUT2D eigenvalue weighted by Gasteiger charge is -2.16. The highest BCUT2D eigenvalue weighted by molar-refractivity contribution is 5.49. The van der Waals surface area contributed by atoms with Crippen LogP contribution < -0.4 is 20.5 Å². The van der Waals surface area contributed by atoms with E-state index in [1.165, 1.54) is 4.68 Å². The lowest BCUT2D eigenvalue weighted by atomic mass is 10.2. The predicted octanol–water partition coefficient (Wildman–Crippen LogP) is 2.08. The number of ether oxygens (including phenoxy) is 1. The number of anilines is 2. The summed E-state index contributed by atoms with van der Waals surface area (Å²) in [7, 11) is 7.46. The van der Waals surface area contributed by atoms with Crippen LogP contribution in [0.5, 0.6) is 5.88 Å². The van der Waals surface area contributed by atoms with Crippen molar-refractivity contribution in [1.29, 1.82) is 0 Å². The molecule has 0 saturated heterocycles. The topological polar surface area (TPSA) is 90.1 Å². The molecule has 1 saturated carbocycles. The maximum Gasteiger partial charge on any atom is 0.290 e. The minimum Gasteiger partial charge on any atom is -0.476 e. The highest BCUT2D eigenvalue weighted by Gasteiger charge is 2.40. The standard InChI is InChI=1S/C22H29N7O2/c1-14-6-7-18(23-10-14)17-8-15(17)13-31-20-9-19(22(30)29(5)26-20)24-11-16-12-25-28(4)21(16)27(2)3/h6-7,9-10,12,15,17,24H,8,11,13H2,1-5H3/t15-,17+/m1/s1. The fourth-order valence-electron chi connectivity index (χ4n) is 3.83. The summed E-state index contributed by atoms with van der Waals surface area (Å²) in [4.78, 5) is 19.0. The molecule has 0 aromatic carbocycles. The smallest absolute Gasteiger partial charge is 0.290 e. The van der Waals surface area contributed by atoms with Crippen molar-refractivity contribution >= 4 is 11.5 Å². The molecular weight excluding hydrogens is 394 g/mol. The lowest BCUT2D eigenvalue weighted by Crippen LogP contribution is -2.24. The summed E-state index contributed by atoms with van der Waals surface area (Å²) in [6.07, 6.45) is 4.76. The molecule has 164 valence electrons. The maximum absolute atomic E-state index is 12.5. The number of rotatable bonds is 8. The first-order valence-corrected chi connectivity index (χ1v) is 10.4. The molecule has 0 unspecified atom stereocenters. The first-order valence-electron chi connectivity index (χ1n) is 10.4. The molecule has 0 amide bonds. The third-order valence-electron chi connectivity index (χ3n) is 5.60. The lowest BCUT2D eigenvalue weighted by molar-refractivity contribution is 0.278. The zero-order valence-corrected chi connectivity index (χ0v) is 18.7. The van der Waals surface area contributed by atoms with Crippen LogP contribution in [0.15, 0.2) is 35.4 Å². The minimum atomic E-state index is -0.198. The van der Waals surface area contributed by atoms with Gasteiger partial charge >= 0.3 is 0 Å². The molecule has 1 aliphatic rings. The van der Waals surface area contributed by atoms with Crippen molar-refractivity contribution in [2.24, 2.45) is 20.0 Å². The van der Waals surface area contributed by atoms with Crippen molar-refractivity contribution < 1.29 is 4.74 Å². The minimum absolute atomic E-state index is 0.198. The molecule has 3 heterocycles. The molecule has 0 spiro atoms. The molecule has 1 N–H and O–H groups in total. The SMILES string of the molecule is Cc1ccc([C@H]2C[C@@H]2COc2cc(NCc3cnn(C)c3N(C)C)c(=O)n(C)n2)nc1. The van der Waals surface area contributed by atoms with Gasteiger partial charge in [0, 0.05) is 70.1 Å². The van der Waals surface area contributed by atoms with Gasteiger partial charge in [0.05, 0.1) is 12.8 Å². The Balaban J connectivity index is 1.40. The van der Waals surface area contributed by atoms with Crippen molar-refractivity contribution in [3.8, 4) is 5.88 Å². The summed E-state index contributed by atoms with van der Waals surface area (Å²) in [6, 6.07) is 5.86. The van der Waals surface area contributed by atoms with Crippen LogP contribution in [0.2, 0.25) is 0 Å². The van der Waals surface area contributed by atoms with Crippen LogP contribution >= 0.6 is 0 Å². The number of nitrogens with zero attached hydrogens (tertiary/aromatic N) is 6. The molecule has 1 aliphatic carbocycles. The Hall–Kier alpha value is -3.36. The molecule has 3 aromatic heterocycles. The summed E-state index contributed by atoms with van der Waals surface area (Å²) in [5.74, 6) is 2.27. The maximum atomic E-state index is 12.5. The monoisotopic (exact) mass is 423 g/mol. The van der Waals surface area contributed by atoms with Crippen LogP contribution in [0.4, 0.5) is 11.5 Å². The van der Waals surface area contributed by atoms with Crippen LogP contribution in [0, 0.1) is 12.8 Å². The quantitative estimate of drug-likeness (QED) is 0.593. The van der Waals surface area contributed by atoms with Gasteiger partial charge in [-0.05, 0) is 25.0 Å². The summed E-state index contributed by atoms with van der Waals surface area (Å²) in [5, 5.41) is 11.8. The molecule has 3 aromatic rings. The van der Waals surface area contributed by atoms with E-state index in [0.717, 1.165) is 29.1 Å². The Bertz CT molecular complexity index is 1120. The van der Waals surface area contributed by atoms with E-state index in [-0.39, 0.29) is 5.56 Å². The van der Waals surface area contributed by atoms with Gasteiger partial charge in [-0.1, -0.05) is 6.07 Å². The van der Waals surface area contributed by atoms with E-state index < -0.39 is 0 Å². The molecule has 9 heteroatoms. The summed E-state index contributed by atoms with van der Waals surface area (Å²) in [6.45, 7) is 3.07. The van der Waals surface area contributed by atoms with Crippen molar-refractivity contribution in [1.82, 2.24) is 24.5 Å². The van der Waals surface area contributed by atoms with Crippen molar-refractivity contribution in [2.45, 2.75) is 25.8 Å². The predicted molar refractivity (Wildman–Crippen MR) is 120 cm³/mol. The molecule has 0 aliphatic heterocycles. The fraction of sp³-hybridized carbons (Fsp3) is 0.455. The van der Waals surface area contributed by atoms with E-state index in [9.17, 15) is 4.79 Å². The van der Waals surface area contributed by atoms with Crippen LogP contribution in [0.3, 0.4) is 0 Å². The summed E-state index contributed by atoms with van der Waals surface area (Å²) < 4.78 is 9.05. The highest BCUT2D eigenvalue weighted by Crippen LogP contribution is 2.46. The van der Waals surface area contributed by atoms with Gasteiger partial charge in [-0.25, -0.2) is 4.68 Å². The molecule has 1 fully saturated rings. The Labute approximate surface area is 181 Å². The van der Waals surface area contributed by atoms with Gasteiger partial charge in [-0.2, -0.15) is 5.10 Å².